The van der Waals surface area contributed by atoms with Crippen molar-refractivity contribution in [2.75, 3.05) is 12.4 Å². The van der Waals surface area contributed by atoms with Crippen LogP contribution in [0.15, 0.2) is 18.2 Å². The Morgan fingerprint density at radius 3 is 3.07 bits per heavy atom. The molecule has 4 heteroatoms. The summed E-state index contributed by atoms with van der Waals surface area (Å²) in [5, 5.41) is 6.61. The fourth-order valence-corrected chi connectivity index (χ4v) is 1.87. The second-order valence-electron chi connectivity index (χ2n) is 3.33. The topological polar surface area (TPSA) is 41.1 Å². The molecule has 0 spiro atoms. The summed E-state index contributed by atoms with van der Waals surface area (Å²) in [6.45, 7) is 0. The molecule has 0 radical (unpaired) electrons. The maximum atomic E-state index is 11.3. The van der Waals surface area contributed by atoms with Crippen LogP contribution in [0.3, 0.4) is 0 Å². The van der Waals surface area contributed by atoms with Crippen molar-refractivity contribution >= 4 is 23.2 Å². The Bertz CT molecular complexity index is 378. The smallest absolute Gasteiger partial charge is 0.226 e. The van der Waals surface area contributed by atoms with Crippen LogP contribution in [-0.2, 0) is 4.79 Å². The third-order valence-corrected chi connectivity index (χ3v) is 2.64. The van der Waals surface area contributed by atoms with Crippen molar-refractivity contribution in [1.29, 1.82) is 0 Å². The van der Waals surface area contributed by atoms with Crippen molar-refractivity contribution in [1.82, 2.24) is 5.32 Å². The number of nitrogens with one attached hydrogen (secondary N) is 2. The van der Waals surface area contributed by atoms with Gasteiger partial charge in [0.15, 0.2) is 0 Å². The molecule has 1 aliphatic rings. The summed E-state index contributed by atoms with van der Waals surface area (Å²) >= 11 is 5.89. The molecular weight excluding hydrogens is 200 g/mol. The van der Waals surface area contributed by atoms with Crippen molar-refractivity contribution in [2.45, 2.75) is 12.5 Å². The van der Waals surface area contributed by atoms with Crippen molar-refractivity contribution in [3.63, 3.8) is 0 Å². The van der Waals surface area contributed by atoms with Gasteiger partial charge in [0.1, 0.15) is 0 Å². The van der Waals surface area contributed by atoms with E-state index in [9.17, 15) is 4.79 Å². The third-order valence-electron chi connectivity index (χ3n) is 2.40. The summed E-state index contributed by atoms with van der Waals surface area (Å²) in [4.78, 5) is 11.3. The monoisotopic (exact) mass is 210 g/mol. The summed E-state index contributed by atoms with van der Waals surface area (Å²) < 4.78 is 0. The van der Waals surface area contributed by atoms with Gasteiger partial charge in [0.05, 0.1) is 0 Å². The first-order valence-electron chi connectivity index (χ1n) is 4.47. The molecular formula is C10H11ClN2O. The number of hydrogen-bond acceptors (Lipinski definition) is 2. The minimum Gasteiger partial charge on any atom is -0.326 e. The van der Waals surface area contributed by atoms with Crippen molar-refractivity contribution in [3.8, 4) is 0 Å². The van der Waals surface area contributed by atoms with Crippen LogP contribution in [0, 0.1) is 0 Å². The van der Waals surface area contributed by atoms with E-state index in [1.165, 1.54) is 0 Å². The molecule has 0 fully saturated rings. The van der Waals surface area contributed by atoms with Gasteiger partial charge in [0.25, 0.3) is 0 Å². The molecule has 0 saturated carbocycles. The normalized spacial score (nSPS) is 20.1. The number of anilines is 1. The fraction of sp³-hybridized carbons (Fsp3) is 0.300. The van der Waals surface area contributed by atoms with Crippen molar-refractivity contribution < 1.29 is 4.79 Å². The van der Waals surface area contributed by atoms with Gasteiger partial charge >= 0.3 is 0 Å². The molecule has 1 unspecified atom stereocenters. The Morgan fingerprint density at radius 1 is 1.57 bits per heavy atom. The summed E-state index contributed by atoms with van der Waals surface area (Å²) in [6.07, 6.45) is 0.462. The zero-order chi connectivity index (χ0) is 10.1. The van der Waals surface area contributed by atoms with Crippen LogP contribution in [0.1, 0.15) is 18.0 Å². The molecule has 0 saturated heterocycles. The van der Waals surface area contributed by atoms with E-state index < -0.39 is 0 Å². The predicted octanol–water partition coefficient (Wildman–Crippen LogP) is 1.94. The highest BCUT2D eigenvalue weighted by atomic mass is 35.5. The lowest BCUT2D eigenvalue weighted by Gasteiger charge is -2.25. The van der Waals surface area contributed by atoms with E-state index in [2.05, 4.69) is 10.6 Å². The van der Waals surface area contributed by atoms with Crippen LogP contribution >= 0.6 is 11.6 Å². The summed E-state index contributed by atoms with van der Waals surface area (Å²) in [6, 6.07) is 5.56. The highest BCUT2D eigenvalue weighted by molar-refractivity contribution is 6.30. The molecule has 14 heavy (non-hydrogen) atoms. The van der Waals surface area contributed by atoms with E-state index in [4.69, 9.17) is 11.6 Å². The highest BCUT2D eigenvalue weighted by Gasteiger charge is 2.23. The van der Waals surface area contributed by atoms with E-state index >= 15 is 0 Å². The Kier molecular flexibility index (Phi) is 2.44. The maximum Gasteiger partial charge on any atom is 0.226 e. The van der Waals surface area contributed by atoms with E-state index in [-0.39, 0.29) is 11.9 Å². The van der Waals surface area contributed by atoms with E-state index in [0.717, 1.165) is 11.3 Å². The Morgan fingerprint density at radius 2 is 2.36 bits per heavy atom. The molecule has 1 aromatic carbocycles. The van der Waals surface area contributed by atoms with E-state index in [0.29, 0.717) is 11.4 Å². The van der Waals surface area contributed by atoms with Gasteiger partial charge in [0.2, 0.25) is 5.91 Å². The second kappa shape index (κ2) is 3.59. The zero-order valence-electron chi connectivity index (χ0n) is 7.80. The average molecular weight is 211 g/mol. The largest absolute Gasteiger partial charge is 0.326 e. The molecule has 1 amide bonds. The van der Waals surface area contributed by atoms with Gasteiger partial charge < -0.3 is 10.6 Å². The molecule has 3 nitrogen and oxygen atoms in total. The summed E-state index contributed by atoms with van der Waals surface area (Å²) in [7, 11) is 1.84. The number of carbonyl (C=O) groups is 1. The first kappa shape index (κ1) is 9.49. The standard InChI is InChI=1S/C10H11ClN2O/c1-12-9-5-10(14)13-8-3-2-6(11)4-7(8)9/h2-4,9,12H,5H2,1H3,(H,13,14). The number of carbonyl (C=O) groups excluding carboxylic acids is 1. The van der Waals surface area contributed by atoms with E-state index in [1.807, 2.05) is 19.2 Å². The lowest BCUT2D eigenvalue weighted by molar-refractivity contribution is -0.117. The van der Waals surface area contributed by atoms with Crippen LogP contribution < -0.4 is 10.6 Å². The molecule has 2 N–H and O–H groups in total. The van der Waals surface area contributed by atoms with Gasteiger partial charge in [-0.1, -0.05) is 11.6 Å². The minimum absolute atomic E-state index is 0.0409. The van der Waals surface area contributed by atoms with Gasteiger partial charge in [-0.05, 0) is 30.8 Å². The molecule has 0 aliphatic carbocycles. The van der Waals surface area contributed by atoms with Crippen LogP contribution in [0.5, 0.6) is 0 Å². The van der Waals surface area contributed by atoms with Gasteiger partial charge in [0, 0.05) is 23.2 Å². The molecule has 2 rings (SSSR count). The number of benzene rings is 1. The Hall–Kier alpha value is -1.06. The van der Waals surface area contributed by atoms with Crippen LogP contribution in [0.25, 0.3) is 0 Å². The SMILES string of the molecule is CNC1CC(=O)Nc2ccc(Cl)cc21. The van der Waals surface area contributed by atoms with Gasteiger partial charge in [-0.2, -0.15) is 0 Å². The quantitative estimate of drug-likeness (QED) is 0.744. The average Bonchev–Trinajstić information content (AvgIpc) is 2.17. The van der Waals surface area contributed by atoms with Gasteiger partial charge in [-0.25, -0.2) is 0 Å². The highest BCUT2D eigenvalue weighted by Crippen LogP contribution is 2.31. The fourth-order valence-electron chi connectivity index (χ4n) is 1.69. The Labute approximate surface area is 87.4 Å². The van der Waals surface area contributed by atoms with Crippen molar-refractivity contribution in [2.24, 2.45) is 0 Å². The second-order valence-corrected chi connectivity index (χ2v) is 3.76. The number of rotatable bonds is 1. The first-order valence-corrected chi connectivity index (χ1v) is 4.85. The molecule has 0 bridgehead atoms. The summed E-state index contributed by atoms with van der Waals surface area (Å²) in [5.41, 5.74) is 1.91. The van der Waals surface area contributed by atoms with Crippen LogP contribution in [0.2, 0.25) is 5.02 Å². The third kappa shape index (κ3) is 1.61. The molecule has 0 aromatic heterocycles. The lowest BCUT2D eigenvalue weighted by atomic mass is 9.98. The predicted molar refractivity (Wildman–Crippen MR) is 56.5 cm³/mol. The number of hydrogen-bond donors (Lipinski definition) is 2. The van der Waals surface area contributed by atoms with Crippen LogP contribution in [-0.4, -0.2) is 13.0 Å². The lowest BCUT2D eigenvalue weighted by Crippen LogP contribution is -2.29. The van der Waals surface area contributed by atoms with E-state index in [1.54, 1.807) is 6.07 Å². The molecule has 1 aromatic rings. The van der Waals surface area contributed by atoms with Gasteiger partial charge in [-0.15, -0.1) is 0 Å². The zero-order valence-corrected chi connectivity index (χ0v) is 8.56. The van der Waals surface area contributed by atoms with Crippen LogP contribution in [0.4, 0.5) is 5.69 Å². The first-order chi connectivity index (χ1) is 6.70. The van der Waals surface area contributed by atoms with Crippen molar-refractivity contribution in [3.05, 3.63) is 28.8 Å². The minimum atomic E-state index is 0.0409. The Balaban J connectivity index is 2.46. The molecule has 1 atom stereocenters. The number of halogens is 1. The molecule has 1 aliphatic heterocycles. The number of amides is 1. The molecule has 74 valence electrons. The summed E-state index contributed by atoms with van der Waals surface area (Å²) in [5.74, 6) is 0.0409. The number of fused-ring (bicyclic) bond motifs is 1. The van der Waals surface area contributed by atoms with Gasteiger partial charge in [-0.3, -0.25) is 4.79 Å². The molecule has 1 heterocycles. The maximum absolute atomic E-state index is 11.3.